The van der Waals surface area contributed by atoms with Crippen LogP contribution in [0, 0.1) is 6.92 Å². The van der Waals surface area contributed by atoms with E-state index in [1.165, 1.54) is 6.20 Å². The van der Waals surface area contributed by atoms with Gasteiger partial charge in [0.05, 0.1) is 24.2 Å². The number of rotatable bonds is 5. The van der Waals surface area contributed by atoms with Gasteiger partial charge in [-0.2, -0.15) is 10.2 Å². The maximum Gasteiger partial charge on any atom is 0.343 e. The second-order valence-electron chi connectivity index (χ2n) is 5.06. The van der Waals surface area contributed by atoms with E-state index in [1.807, 2.05) is 43.3 Å². The van der Waals surface area contributed by atoms with Crippen LogP contribution in [0.3, 0.4) is 0 Å². The number of carbonyl (C=O) groups excluding carboxylic acids is 1. The van der Waals surface area contributed by atoms with Crippen LogP contribution in [-0.2, 0) is 4.74 Å². The Balaban J connectivity index is 2.03. The maximum absolute atomic E-state index is 12.2. The molecule has 7 heteroatoms. The van der Waals surface area contributed by atoms with Gasteiger partial charge in [-0.05, 0) is 38.1 Å². The second-order valence-corrected chi connectivity index (χ2v) is 5.06. The van der Waals surface area contributed by atoms with E-state index >= 15 is 0 Å². The summed E-state index contributed by atoms with van der Waals surface area (Å²) in [5.74, 6) is 0.559. The van der Waals surface area contributed by atoms with E-state index in [2.05, 4.69) is 20.6 Å². The van der Waals surface area contributed by atoms with Crippen LogP contribution in [0.25, 0.3) is 5.69 Å². The van der Waals surface area contributed by atoms with Crippen LogP contribution >= 0.6 is 0 Å². The summed E-state index contributed by atoms with van der Waals surface area (Å²) >= 11 is 0. The van der Waals surface area contributed by atoms with Gasteiger partial charge in [0.15, 0.2) is 5.82 Å². The number of ether oxygens (including phenoxy) is 1. The van der Waals surface area contributed by atoms with E-state index in [0.29, 0.717) is 23.8 Å². The summed E-state index contributed by atoms with van der Waals surface area (Å²) in [6.07, 6.45) is 1.48. The van der Waals surface area contributed by atoms with Crippen molar-refractivity contribution in [3.63, 3.8) is 0 Å². The number of esters is 1. The highest BCUT2D eigenvalue weighted by Crippen LogP contribution is 2.24. The maximum atomic E-state index is 12.2. The average Bonchev–Trinajstić information content (AvgIpc) is 3.01. The SMILES string of the molecule is CCOC(=O)c1cnn(-c2ccccc2)c1Nc1ccc(C)nn1. The molecular weight excluding hydrogens is 306 g/mol. The molecule has 24 heavy (non-hydrogen) atoms. The topological polar surface area (TPSA) is 81.9 Å². The van der Waals surface area contributed by atoms with Crippen molar-refractivity contribution in [1.29, 1.82) is 0 Å². The lowest BCUT2D eigenvalue weighted by Crippen LogP contribution is -2.10. The minimum absolute atomic E-state index is 0.291. The van der Waals surface area contributed by atoms with Crippen LogP contribution in [0.2, 0.25) is 0 Å². The first-order valence-electron chi connectivity index (χ1n) is 7.57. The summed E-state index contributed by atoms with van der Waals surface area (Å²) in [4.78, 5) is 12.2. The average molecular weight is 323 g/mol. The van der Waals surface area contributed by atoms with Crippen molar-refractivity contribution in [2.75, 3.05) is 11.9 Å². The van der Waals surface area contributed by atoms with Crippen LogP contribution < -0.4 is 5.32 Å². The minimum Gasteiger partial charge on any atom is -0.462 e. The third-order valence-electron chi connectivity index (χ3n) is 3.31. The molecule has 3 rings (SSSR count). The molecule has 7 nitrogen and oxygen atoms in total. The predicted molar refractivity (Wildman–Crippen MR) is 89.6 cm³/mol. The fourth-order valence-corrected chi connectivity index (χ4v) is 2.18. The van der Waals surface area contributed by atoms with Gasteiger partial charge in [-0.3, -0.25) is 0 Å². The van der Waals surface area contributed by atoms with Gasteiger partial charge in [-0.1, -0.05) is 18.2 Å². The van der Waals surface area contributed by atoms with Crippen molar-refractivity contribution >= 4 is 17.6 Å². The minimum atomic E-state index is -0.442. The number of aromatic nitrogens is 4. The van der Waals surface area contributed by atoms with Gasteiger partial charge in [0.25, 0.3) is 0 Å². The molecule has 0 spiro atoms. The Kier molecular flexibility index (Phi) is 4.51. The normalized spacial score (nSPS) is 10.4. The van der Waals surface area contributed by atoms with Crippen molar-refractivity contribution in [2.45, 2.75) is 13.8 Å². The molecule has 0 aliphatic heterocycles. The molecular formula is C17H17N5O2. The Morgan fingerprint density at radius 3 is 2.62 bits per heavy atom. The molecule has 0 saturated carbocycles. The lowest BCUT2D eigenvalue weighted by Gasteiger charge is -2.11. The number of aryl methyl sites for hydroxylation is 1. The molecule has 0 fully saturated rings. The van der Waals surface area contributed by atoms with Gasteiger partial charge in [-0.25, -0.2) is 9.48 Å². The van der Waals surface area contributed by atoms with Crippen molar-refractivity contribution in [1.82, 2.24) is 20.0 Å². The molecule has 0 amide bonds. The van der Waals surface area contributed by atoms with Crippen molar-refractivity contribution in [3.8, 4) is 5.69 Å². The fraction of sp³-hybridized carbons (Fsp3) is 0.176. The summed E-state index contributed by atoms with van der Waals surface area (Å²) in [5.41, 5.74) is 1.96. The fourth-order valence-electron chi connectivity index (χ4n) is 2.18. The molecule has 122 valence electrons. The lowest BCUT2D eigenvalue weighted by molar-refractivity contribution is 0.0527. The number of hydrogen-bond acceptors (Lipinski definition) is 6. The van der Waals surface area contributed by atoms with E-state index in [0.717, 1.165) is 11.4 Å². The highest BCUT2D eigenvalue weighted by Gasteiger charge is 2.20. The van der Waals surface area contributed by atoms with E-state index in [1.54, 1.807) is 17.7 Å². The third-order valence-corrected chi connectivity index (χ3v) is 3.31. The molecule has 2 aromatic heterocycles. The lowest BCUT2D eigenvalue weighted by atomic mass is 10.3. The van der Waals surface area contributed by atoms with E-state index < -0.39 is 5.97 Å². The number of nitrogens with zero attached hydrogens (tertiary/aromatic N) is 4. The number of benzene rings is 1. The molecule has 2 heterocycles. The van der Waals surface area contributed by atoms with E-state index in [9.17, 15) is 4.79 Å². The van der Waals surface area contributed by atoms with Crippen molar-refractivity contribution in [2.24, 2.45) is 0 Å². The number of nitrogens with one attached hydrogen (secondary N) is 1. The van der Waals surface area contributed by atoms with Crippen LogP contribution in [0.1, 0.15) is 23.0 Å². The smallest absolute Gasteiger partial charge is 0.343 e. The first-order chi connectivity index (χ1) is 11.7. The Labute approximate surface area is 139 Å². The number of carbonyl (C=O) groups is 1. The number of anilines is 2. The zero-order valence-corrected chi connectivity index (χ0v) is 13.4. The van der Waals surface area contributed by atoms with Crippen LogP contribution in [-0.4, -0.2) is 32.6 Å². The molecule has 0 atom stereocenters. The Bertz CT molecular complexity index is 828. The highest BCUT2D eigenvalue weighted by molar-refractivity contribution is 5.95. The van der Waals surface area contributed by atoms with Gasteiger partial charge >= 0.3 is 5.97 Å². The summed E-state index contributed by atoms with van der Waals surface area (Å²) in [6, 6.07) is 13.1. The van der Waals surface area contributed by atoms with Gasteiger partial charge in [0.2, 0.25) is 0 Å². The summed E-state index contributed by atoms with van der Waals surface area (Å²) in [6.45, 7) is 3.91. The first kappa shape index (κ1) is 15.7. The zero-order chi connectivity index (χ0) is 16.9. The van der Waals surface area contributed by atoms with Crippen molar-refractivity contribution < 1.29 is 9.53 Å². The molecule has 1 aromatic carbocycles. The summed E-state index contributed by atoms with van der Waals surface area (Å²) in [7, 11) is 0. The van der Waals surface area contributed by atoms with E-state index in [-0.39, 0.29) is 0 Å². The Morgan fingerprint density at radius 2 is 1.96 bits per heavy atom. The van der Waals surface area contributed by atoms with Crippen LogP contribution in [0.5, 0.6) is 0 Å². The molecule has 0 aliphatic rings. The van der Waals surface area contributed by atoms with Crippen LogP contribution in [0.4, 0.5) is 11.6 Å². The predicted octanol–water partition coefficient (Wildman–Crippen LogP) is 2.89. The number of hydrogen-bond donors (Lipinski definition) is 1. The largest absolute Gasteiger partial charge is 0.462 e. The zero-order valence-electron chi connectivity index (χ0n) is 13.4. The van der Waals surface area contributed by atoms with Crippen molar-refractivity contribution in [3.05, 3.63) is 59.9 Å². The first-order valence-corrected chi connectivity index (χ1v) is 7.57. The van der Waals surface area contributed by atoms with Gasteiger partial charge in [-0.15, -0.1) is 5.10 Å². The molecule has 1 N–H and O–H groups in total. The van der Waals surface area contributed by atoms with Gasteiger partial charge in [0, 0.05) is 0 Å². The quantitative estimate of drug-likeness (QED) is 0.727. The Morgan fingerprint density at radius 1 is 1.17 bits per heavy atom. The molecule has 0 radical (unpaired) electrons. The van der Waals surface area contributed by atoms with Gasteiger partial charge in [0.1, 0.15) is 11.4 Å². The van der Waals surface area contributed by atoms with Crippen LogP contribution in [0.15, 0.2) is 48.7 Å². The summed E-state index contributed by atoms with van der Waals surface area (Å²) < 4.78 is 6.74. The second kappa shape index (κ2) is 6.91. The summed E-state index contributed by atoms with van der Waals surface area (Å²) in [5, 5.41) is 15.5. The standard InChI is InChI=1S/C17H17N5O2/c1-3-24-17(23)14-11-18-22(13-7-5-4-6-8-13)16(14)19-15-10-9-12(2)20-21-15/h4-11H,3H2,1-2H3,(H,19,21). The number of para-hydroxylation sites is 1. The molecule has 3 aromatic rings. The molecule has 0 aliphatic carbocycles. The van der Waals surface area contributed by atoms with Gasteiger partial charge < -0.3 is 10.1 Å². The monoisotopic (exact) mass is 323 g/mol. The highest BCUT2D eigenvalue weighted by atomic mass is 16.5. The third kappa shape index (κ3) is 3.24. The molecule has 0 bridgehead atoms. The molecule has 0 unspecified atom stereocenters. The van der Waals surface area contributed by atoms with E-state index in [4.69, 9.17) is 4.74 Å². The molecule has 0 saturated heterocycles. The Hall–Kier alpha value is -3.22.